The smallest absolute Gasteiger partial charge is 0.147 e. The standard InChI is InChI=1S/C66H42F5IN2/c1-39-3-31-61(57(70)35-39)73(63-37-49(19-29-55(63)68)45-9-5-41(6-10-45)43-13-23-51(67)24-14-43)59-33-21-47-18-28-54-60(34-22-48-17-27-53(59)65(47)66(48)54)74(62-32-4-40(2)36-58(62)71)64-38-50(20-30-56(64)69)46-11-7-42(8-12-46)44-15-25-52(72)26-16-44/h3-38H,1-2H3. The minimum Gasteiger partial charge on any atom is -0.304 e. The van der Waals surface area contributed by atoms with Crippen LogP contribution < -0.4 is 9.80 Å². The summed E-state index contributed by atoms with van der Waals surface area (Å²) in [5.74, 6) is -2.48. The van der Waals surface area contributed by atoms with Gasteiger partial charge in [-0.3, -0.25) is 0 Å². The molecular formula is C66H42F5IN2. The Morgan fingerprint density at radius 1 is 0.284 bits per heavy atom. The second kappa shape index (κ2) is 18.9. The lowest BCUT2D eigenvalue weighted by atomic mass is 9.91. The molecule has 0 heterocycles. The van der Waals surface area contributed by atoms with E-state index >= 15 is 17.6 Å². The first kappa shape index (κ1) is 46.7. The number of anilines is 6. The Bertz CT molecular complexity index is 3830. The largest absolute Gasteiger partial charge is 0.304 e. The van der Waals surface area contributed by atoms with Crippen LogP contribution in [0, 0.1) is 46.5 Å². The van der Waals surface area contributed by atoms with Crippen LogP contribution in [-0.2, 0) is 0 Å². The number of rotatable bonds is 10. The molecule has 0 radical (unpaired) electrons. The molecule has 0 N–H and O–H groups in total. The molecule has 0 spiro atoms. The van der Waals surface area contributed by atoms with Crippen LogP contribution in [-0.4, -0.2) is 0 Å². The van der Waals surface area contributed by atoms with E-state index in [1.165, 1.54) is 36.4 Å². The summed E-state index contributed by atoms with van der Waals surface area (Å²) in [6, 6.07) is 65.6. The van der Waals surface area contributed by atoms with Gasteiger partial charge in [-0.25, -0.2) is 22.0 Å². The lowest BCUT2D eigenvalue weighted by molar-refractivity contribution is 0.618. The van der Waals surface area contributed by atoms with Crippen molar-refractivity contribution in [2.75, 3.05) is 9.80 Å². The molecule has 2 nitrogen and oxygen atoms in total. The van der Waals surface area contributed by atoms with E-state index in [1.54, 1.807) is 71.3 Å². The average molecular weight is 1080 g/mol. The van der Waals surface area contributed by atoms with E-state index in [1.807, 2.05) is 110 Å². The van der Waals surface area contributed by atoms with Crippen molar-refractivity contribution in [3.8, 4) is 44.5 Å². The molecule has 0 saturated carbocycles. The molecular weight excluding hydrogens is 1040 g/mol. The van der Waals surface area contributed by atoms with Gasteiger partial charge in [0.2, 0.25) is 0 Å². The molecule has 0 atom stereocenters. The number of hydrogen-bond acceptors (Lipinski definition) is 2. The first-order valence-electron chi connectivity index (χ1n) is 24.1. The van der Waals surface area contributed by atoms with Crippen LogP contribution in [0.5, 0.6) is 0 Å². The molecule has 12 aromatic rings. The van der Waals surface area contributed by atoms with Crippen LogP contribution in [0.25, 0.3) is 76.8 Å². The molecule has 74 heavy (non-hydrogen) atoms. The van der Waals surface area contributed by atoms with E-state index in [0.29, 0.717) is 33.5 Å². The van der Waals surface area contributed by atoms with Crippen molar-refractivity contribution in [2.24, 2.45) is 0 Å². The van der Waals surface area contributed by atoms with Crippen molar-refractivity contribution in [3.63, 3.8) is 0 Å². The van der Waals surface area contributed by atoms with Crippen molar-refractivity contribution in [2.45, 2.75) is 13.8 Å². The van der Waals surface area contributed by atoms with Crippen LogP contribution in [0.15, 0.2) is 218 Å². The van der Waals surface area contributed by atoms with Crippen LogP contribution in [0.1, 0.15) is 11.1 Å². The number of hydrogen-bond donors (Lipinski definition) is 0. The highest BCUT2D eigenvalue weighted by Crippen LogP contribution is 2.50. The van der Waals surface area contributed by atoms with Crippen LogP contribution in [0.2, 0.25) is 0 Å². The zero-order valence-electron chi connectivity index (χ0n) is 39.9. The molecule has 0 aliphatic carbocycles. The Hall–Kier alpha value is -8.34. The van der Waals surface area contributed by atoms with Crippen molar-refractivity contribution in [3.05, 3.63) is 262 Å². The van der Waals surface area contributed by atoms with Crippen LogP contribution in [0.4, 0.5) is 56.1 Å². The van der Waals surface area contributed by atoms with E-state index in [-0.39, 0.29) is 28.6 Å². The minimum absolute atomic E-state index is 0.129. The van der Waals surface area contributed by atoms with E-state index in [2.05, 4.69) is 46.9 Å². The third-order valence-electron chi connectivity index (χ3n) is 14.0. The summed E-state index contributed by atoms with van der Waals surface area (Å²) in [5, 5.41) is 4.80. The third-order valence-corrected chi connectivity index (χ3v) is 14.7. The average Bonchev–Trinajstić information content (AvgIpc) is 3.42. The monoisotopic (exact) mass is 1080 g/mol. The SMILES string of the molecule is Cc1ccc(N(c2cc(-c3ccc(-c4ccc(F)cc4)cc3)ccc2F)c2ccc3ccc4c(N(c5ccc(C)cc5F)c5cc(-c6ccc(-c7ccc(I)cc7)cc6)ccc5F)ccc5ccc2c3c54)c(F)c1. The molecule has 0 unspecified atom stereocenters. The fraction of sp³-hybridized carbons (Fsp3) is 0.0303. The third kappa shape index (κ3) is 8.48. The molecule has 8 heteroatoms. The summed E-state index contributed by atoms with van der Waals surface area (Å²) in [6.45, 7) is 3.62. The lowest BCUT2D eigenvalue weighted by Gasteiger charge is -2.30. The highest BCUT2D eigenvalue weighted by molar-refractivity contribution is 14.1. The second-order valence-electron chi connectivity index (χ2n) is 18.7. The predicted molar refractivity (Wildman–Crippen MR) is 303 cm³/mol. The molecule has 0 aliphatic rings. The Balaban J connectivity index is 1.02. The zero-order valence-corrected chi connectivity index (χ0v) is 42.1. The fourth-order valence-corrected chi connectivity index (χ4v) is 10.6. The van der Waals surface area contributed by atoms with E-state index in [0.717, 1.165) is 69.4 Å². The highest BCUT2D eigenvalue weighted by Gasteiger charge is 2.27. The van der Waals surface area contributed by atoms with Gasteiger partial charge in [0.1, 0.15) is 29.1 Å². The topological polar surface area (TPSA) is 6.48 Å². The first-order valence-corrected chi connectivity index (χ1v) is 25.2. The van der Waals surface area contributed by atoms with Crippen molar-refractivity contribution < 1.29 is 22.0 Å². The first-order chi connectivity index (χ1) is 35.9. The van der Waals surface area contributed by atoms with Crippen molar-refractivity contribution in [1.29, 1.82) is 0 Å². The molecule has 358 valence electrons. The number of halogens is 6. The lowest BCUT2D eigenvalue weighted by Crippen LogP contribution is -2.15. The fourth-order valence-electron chi connectivity index (χ4n) is 10.2. The van der Waals surface area contributed by atoms with E-state index < -0.39 is 23.3 Å². The molecule has 0 aliphatic heterocycles. The number of aryl methyl sites for hydroxylation is 2. The van der Waals surface area contributed by atoms with Gasteiger partial charge < -0.3 is 9.80 Å². The van der Waals surface area contributed by atoms with Gasteiger partial charge in [0.05, 0.1) is 34.1 Å². The quantitative estimate of drug-likeness (QED) is 0.0765. The summed E-state index contributed by atoms with van der Waals surface area (Å²) >= 11 is 2.29. The van der Waals surface area contributed by atoms with E-state index in [4.69, 9.17) is 0 Å². The summed E-state index contributed by atoms with van der Waals surface area (Å²) < 4.78 is 81.6. The molecule has 0 bridgehead atoms. The molecule has 0 fully saturated rings. The van der Waals surface area contributed by atoms with Crippen molar-refractivity contribution in [1.82, 2.24) is 0 Å². The Labute approximate surface area is 438 Å². The van der Waals surface area contributed by atoms with Gasteiger partial charge in [0.15, 0.2) is 0 Å². The normalized spacial score (nSPS) is 11.5. The molecule has 0 aromatic heterocycles. The van der Waals surface area contributed by atoms with Crippen LogP contribution in [0.3, 0.4) is 0 Å². The predicted octanol–water partition coefficient (Wildman–Crippen LogP) is 20.1. The van der Waals surface area contributed by atoms with Gasteiger partial charge in [0, 0.05) is 14.3 Å². The molecule has 12 aromatic carbocycles. The zero-order chi connectivity index (χ0) is 50.8. The number of nitrogens with zero attached hydrogens (tertiary/aromatic N) is 2. The maximum absolute atomic E-state index is 16.8. The van der Waals surface area contributed by atoms with Gasteiger partial charge >= 0.3 is 0 Å². The summed E-state index contributed by atoms with van der Waals surface area (Å²) in [5.41, 5.74) is 10.1. The number of benzene rings is 12. The van der Waals surface area contributed by atoms with Gasteiger partial charge in [0.25, 0.3) is 0 Å². The maximum Gasteiger partial charge on any atom is 0.147 e. The Morgan fingerprint density at radius 3 is 1.00 bits per heavy atom. The van der Waals surface area contributed by atoms with Gasteiger partial charge in [-0.05, 0) is 199 Å². The minimum atomic E-state index is -0.563. The van der Waals surface area contributed by atoms with Gasteiger partial charge in [-0.2, -0.15) is 0 Å². The van der Waals surface area contributed by atoms with Gasteiger partial charge in [-0.15, -0.1) is 0 Å². The summed E-state index contributed by atoms with van der Waals surface area (Å²) in [6.07, 6.45) is 0. The van der Waals surface area contributed by atoms with E-state index in [9.17, 15) is 4.39 Å². The Kier molecular flexibility index (Phi) is 11.9. The second-order valence-corrected chi connectivity index (χ2v) is 19.9. The highest BCUT2D eigenvalue weighted by atomic mass is 127. The summed E-state index contributed by atoms with van der Waals surface area (Å²) in [7, 11) is 0. The van der Waals surface area contributed by atoms with Crippen LogP contribution >= 0.6 is 22.6 Å². The molecule has 0 amide bonds. The van der Waals surface area contributed by atoms with Gasteiger partial charge in [-0.1, -0.05) is 133 Å². The molecule has 12 rings (SSSR count). The maximum atomic E-state index is 16.8. The Morgan fingerprint density at radius 2 is 0.608 bits per heavy atom. The summed E-state index contributed by atoms with van der Waals surface area (Å²) in [4.78, 5) is 3.29. The molecule has 0 saturated heterocycles. The van der Waals surface area contributed by atoms with Crippen molar-refractivity contribution >= 4 is 89.0 Å².